The highest BCUT2D eigenvalue weighted by Gasteiger charge is 2.01. The summed E-state index contributed by atoms with van der Waals surface area (Å²) in [5.74, 6) is 0. The molecule has 0 amide bonds. The summed E-state index contributed by atoms with van der Waals surface area (Å²) in [6.45, 7) is 0. The number of rotatable bonds is 3. The lowest BCUT2D eigenvalue weighted by Crippen LogP contribution is -2.09. The van der Waals surface area contributed by atoms with Crippen molar-refractivity contribution in [3.05, 3.63) is 24.3 Å². The monoisotopic (exact) mass is 217 g/mol. The van der Waals surface area contributed by atoms with E-state index in [1.807, 2.05) is 18.4 Å². The van der Waals surface area contributed by atoms with Gasteiger partial charge in [0, 0.05) is 10.6 Å². The summed E-state index contributed by atoms with van der Waals surface area (Å²) in [5.41, 5.74) is 0.606. The molecule has 1 N–H and O–H groups in total. The van der Waals surface area contributed by atoms with Crippen LogP contribution in [0.3, 0.4) is 0 Å². The van der Waals surface area contributed by atoms with Gasteiger partial charge in [0.15, 0.2) is 0 Å². The van der Waals surface area contributed by atoms with Gasteiger partial charge in [0.05, 0.1) is 6.26 Å². The van der Waals surface area contributed by atoms with Gasteiger partial charge < -0.3 is 0 Å². The quantitative estimate of drug-likeness (QED) is 0.785. The van der Waals surface area contributed by atoms with Crippen LogP contribution in [0.25, 0.3) is 0 Å². The molecule has 0 aromatic heterocycles. The summed E-state index contributed by atoms with van der Waals surface area (Å²) >= 11 is 1.57. The van der Waals surface area contributed by atoms with Gasteiger partial charge in [-0.1, -0.05) is 6.07 Å². The molecule has 1 aromatic rings. The van der Waals surface area contributed by atoms with Crippen LogP contribution in [-0.2, 0) is 10.0 Å². The Hall–Kier alpha value is -0.680. The topological polar surface area (TPSA) is 46.2 Å². The van der Waals surface area contributed by atoms with Gasteiger partial charge in [-0.25, -0.2) is 8.42 Å². The predicted octanol–water partition coefficient (Wildman–Crippen LogP) is 1.78. The Morgan fingerprint density at radius 3 is 2.62 bits per heavy atom. The lowest BCUT2D eigenvalue weighted by Gasteiger charge is -2.04. The van der Waals surface area contributed by atoms with Crippen molar-refractivity contribution in [3.63, 3.8) is 0 Å². The fraction of sp³-hybridized carbons (Fsp3) is 0.250. The Morgan fingerprint density at radius 1 is 1.38 bits per heavy atom. The van der Waals surface area contributed by atoms with E-state index < -0.39 is 10.0 Å². The summed E-state index contributed by atoms with van der Waals surface area (Å²) in [6, 6.07) is 7.27. The van der Waals surface area contributed by atoms with Crippen molar-refractivity contribution in [2.24, 2.45) is 0 Å². The third-order valence-corrected chi connectivity index (χ3v) is 2.70. The van der Waals surface area contributed by atoms with Crippen LogP contribution in [0.5, 0.6) is 0 Å². The molecule has 1 rings (SSSR count). The number of thioether (sulfide) groups is 1. The molecule has 0 fully saturated rings. The molecule has 0 aliphatic carbocycles. The molecule has 13 heavy (non-hydrogen) atoms. The molecule has 0 unspecified atom stereocenters. The Balaban J connectivity index is 2.90. The molecule has 0 spiro atoms. The molecule has 5 heteroatoms. The van der Waals surface area contributed by atoms with E-state index in [2.05, 4.69) is 4.72 Å². The molecule has 0 heterocycles. The Morgan fingerprint density at radius 2 is 2.08 bits per heavy atom. The highest BCUT2D eigenvalue weighted by Crippen LogP contribution is 2.19. The number of anilines is 1. The molecule has 0 aliphatic heterocycles. The first-order chi connectivity index (χ1) is 6.01. The standard InChI is InChI=1S/C8H11NO2S2/c1-12-8-5-3-4-7(6-8)9-13(2,10)11/h3-6,9H,1-2H3. The van der Waals surface area contributed by atoms with Gasteiger partial charge in [-0.2, -0.15) is 0 Å². The number of nitrogens with one attached hydrogen (secondary N) is 1. The van der Waals surface area contributed by atoms with Crippen LogP contribution in [0.15, 0.2) is 29.2 Å². The van der Waals surface area contributed by atoms with Gasteiger partial charge in [-0.3, -0.25) is 4.72 Å². The lowest BCUT2D eigenvalue weighted by atomic mass is 10.3. The van der Waals surface area contributed by atoms with E-state index in [1.54, 1.807) is 23.9 Å². The first kappa shape index (κ1) is 10.4. The summed E-state index contributed by atoms with van der Waals surface area (Å²) < 4.78 is 24.2. The van der Waals surface area contributed by atoms with Crippen LogP contribution in [0.1, 0.15) is 0 Å². The molecular weight excluding hydrogens is 206 g/mol. The summed E-state index contributed by atoms with van der Waals surface area (Å²) in [5, 5.41) is 0. The molecule has 1 aromatic carbocycles. The van der Waals surface area contributed by atoms with Crippen molar-refractivity contribution in [3.8, 4) is 0 Å². The zero-order chi connectivity index (χ0) is 9.90. The van der Waals surface area contributed by atoms with E-state index in [9.17, 15) is 8.42 Å². The fourth-order valence-corrected chi connectivity index (χ4v) is 1.92. The molecular formula is C8H11NO2S2. The number of hydrogen-bond donors (Lipinski definition) is 1. The molecule has 0 radical (unpaired) electrons. The smallest absolute Gasteiger partial charge is 0.229 e. The Kier molecular flexibility index (Phi) is 3.22. The maximum Gasteiger partial charge on any atom is 0.229 e. The third-order valence-electron chi connectivity index (χ3n) is 1.37. The maximum absolute atomic E-state index is 10.9. The van der Waals surface area contributed by atoms with Gasteiger partial charge in [0.2, 0.25) is 10.0 Å². The molecule has 3 nitrogen and oxygen atoms in total. The average Bonchev–Trinajstić information content (AvgIpc) is 2.01. The van der Waals surface area contributed by atoms with Crippen LogP contribution in [0, 0.1) is 0 Å². The van der Waals surface area contributed by atoms with E-state index >= 15 is 0 Å². The van der Waals surface area contributed by atoms with Gasteiger partial charge in [-0.15, -0.1) is 11.8 Å². The first-order valence-corrected chi connectivity index (χ1v) is 6.75. The van der Waals surface area contributed by atoms with Crippen molar-refractivity contribution < 1.29 is 8.42 Å². The summed E-state index contributed by atoms with van der Waals surface area (Å²) in [6.07, 6.45) is 3.08. The predicted molar refractivity (Wildman–Crippen MR) is 56.7 cm³/mol. The van der Waals surface area contributed by atoms with Crippen LogP contribution < -0.4 is 4.72 Å². The number of benzene rings is 1. The van der Waals surface area contributed by atoms with Crippen molar-refractivity contribution in [2.45, 2.75) is 4.90 Å². The highest BCUT2D eigenvalue weighted by atomic mass is 32.2. The van der Waals surface area contributed by atoms with Gasteiger partial charge in [0.1, 0.15) is 0 Å². The van der Waals surface area contributed by atoms with Gasteiger partial charge in [-0.05, 0) is 24.5 Å². The van der Waals surface area contributed by atoms with Crippen LogP contribution in [0.4, 0.5) is 5.69 Å². The third kappa shape index (κ3) is 3.69. The minimum Gasteiger partial charge on any atom is -0.284 e. The minimum atomic E-state index is -3.16. The lowest BCUT2D eigenvalue weighted by molar-refractivity contribution is 0.607. The van der Waals surface area contributed by atoms with Crippen molar-refractivity contribution in [1.29, 1.82) is 0 Å². The Bertz CT molecular complexity index is 387. The van der Waals surface area contributed by atoms with E-state index in [4.69, 9.17) is 0 Å². The average molecular weight is 217 g/mol. The van der Waals surface area contributed by atoms with E-state index in [0.29, 0.717) is 5.69 Å². The molecule has 0 aliphatic rings. The van der Waals surface area contributed by atoms with Crippen molar-refractivity contribution in [1.82, 2.24) is 0 Å². The highest BCUT2D eigenvalue weighted by molar-refractivity contribution is 7.98. The first-order valence-electron chi connectivity index (χ1n) is 3.63. The fourth-order valence-electron chi connectivity index (χ4n) is 0.901. The van der Waals surface area contributed by atoms with Gasteiger partial charge in [0.25, 0.3) is 0 Å². The summed E-state index contributed by atoms with van der Waals surface area (Å²) in [7, 11) is -3.16. The molecule has 0 saturated heterocycles. The zero-order valence-electron chi connectivity index (χ0n) is 7.44. The number of sulfonamides is 1. The summed E-state index contributed by atoms with van der Waals surface area (Å²) in [4.78, 5) is 1.04. The molecule has 0 bridgehead atoms. The molecule has 72 valence electrons. The number of hydrogen-bond acceptors (Lipinski definition) is 3. The second-order valence-electron chi connectivity index (χ2n) is 2.61. The van der Waals surface area contributed by atoms with Gasteiger partial charge >= 0.3 is 0 Å². The van der Waals surface area contributed by atoms with Crippen LogP contribution in [0.2, 0.25) is 0 Å². The second kappa shape index (κ2) is 4.02. The normalized spacial score (nSPS) is 11.2. The largest absolute Gasteiger partial charge is 0.284 e. The van der Waals surface area contributed by atoms with Crippen LogP contribution >= 0.6 is 11.8 Å². The molecule has 0 atom stereocenters. The molecule has 0 saturated carbocycles. The van der Waals surface area contributed by atoms with E-state index in [-0.39, 0.29) is 0 Å². The van der Waals surface area contributed by atoms with E-state index in [1.165, 1.54) is 0 Å². The SMILES string of the molecule is CSc1cccc(NS(C)(=O)=O)c1. The van der Waals surface area contributed by atoms with Crippen molar-refractivity contribution >= 4 is 27.5 Å². The minimum absolute atomic E-state index is 0.606. The van der Waals surface area contributed by atoms with Crippen molar-refractivity contribution in [2.75, 3.05) is 17.2 Å². The van der Waals surface area contributed by atoms with Crippen LogP contribution in [-0.4, -0.2) is 20.9 Å². The van der Waals surface area contributed by atoms with E-state index in [0.717, 1.165) is 11.2 Å². The second-order valence-corrected chi connectivity index (χ2v) is 5.23. The maximum atomic E-state index is 10.9. The zero-order valence-corrected chi connectivity index (χ0v) is 9.08. The Labute approximate surface area is 82.6 Å².